The zero-order valence-corrected chi connectivity index (χ0v) is 12.6. The maximum atomic E-state index is 9.03. The molecule has 0 spiro atoms. The summed E-state index contributed by atoms with van der Waals surface area (Å²) in [7, 11) is 0. The van der Waals surface area contributed by atoms with Crippen LogP contribution in [-0.2, 0) is 6.54 Å². The molecule has 3 heteroatoms. The third-order valence-corrected chi connectivity index (χ3v) is 4.45. The minimum Gasteiger partial charge on any atom is -0.316 e. The molecule has 1 aromatic carbocycles. The molecule has 0 aliphatic rings. The molecular weight excluding hydrogens is 236 g/mol. The van der Waals surface area contributed by atoms with Crippen LogP contribution in [0, 0.1) is 41.5 Å². The predicted octanol–water partition coefficient (Wildman–Crippen LogP) is 3.56. The van der Waals surface area contributed by atoms with Crippen molar-refractivity contribution in [2.24, 2.45) is 0 Å². The van der Waals surface area contributed by atoms with E-state index in [4.69, 9.17) is 10.2 Å². The Bertz CT molecular complexity index is 660. The Labute approximate surface area is 114 Å². The van der Waals surface area contributed by atoms with Gasteiger partial charge in [-0.3, -0.25) is 4.98 Å². The molecule has 1 heterocycles. The van der Waals surface area contributed by atoms with Crippen molar-refractivity contribution in [2.45, 2.75) is 48.1 Å². The van der Waals surface area contributed by atoms with Crippen LogP contribution in [-0.4, -0.2) is 10.2 Å². The molecule has 0 aliphatic carbocycles. The van der Waals surface area contributed by atoms with Crippen molar-refractivity contribution >= 4 is 10.9 Å². The second-order valence-electron chi connectivity index (χ2n) is 5.36. The van der Waals surface area contributed by atoms with Crippen LogP contribution >= 0.6 is 0 Å². The molecule has 3 nitrogen and oxygen atoms in total. The van der Waals surface area contributed by atoms with E-state index >= 15 is 0 Å². The summed E-state index contributed by atoms with van der Waals surface area (Å²) in [6, 6.07) is 0. The molecule has 0 bridgehead atoms. The largest absolute Gasteiger partial charge is 0.316 e. The van der Waals surface area contributed by atoms with Gasteiger partial charge >= 0.3 is 0 Å². The molecule has 0 unspecified atom stereocenters. The first kappa shape index (κ1) is 14.0. The van der Waals surface area contributed by atoms with E-state index in [-0.39, 0.29) is 0 Å². The second-order valence-corrected chi connectivity index (χ2v) is 5.36. The summed E-state index contributed by atoms with van der Waals surface area (Å²) in [5.74, 6) is 0. The number of fused-ring (bicyclic) bond motifs is 1. The van der Waals surface area contributed by atoms with E-state index in [1.807, 2.05) is 0 Å². The highest BCUT2D eigenvalue weighted by atomic mass is 16.5. The lowest BCUT2D eigenvalue weighted by Crippen LogP contribution is -2.11. The number of aromatic nitrogens is 1. The van der Waals surface area contributed by atoms with Crippen LogP contribution in [0.1, 0.15) is 39.1 Å². The summed E-state index contributed by atoms with van der Waals surface area (Å²) in [4.78, 5) is 4.78. The molecule has 2 rings (SSSR count). The number of rotatable bonds is 2. The molecule has 19 heavy (non-hydrogen) atoms. The van der Waals surface area contributed by atoms with Crippen molar-refractivity contribution in [3.05, 3.63) is 39.1 Å². The van der Waals surface area contributed by atoms with Crippen LogP contribution < -0.4 is 5.48 Å². The van der Waals surface area contributed by atoms with Gasteiger partial charge in [0.25, 0.3) is 0 Å². The summed E-state index contributed by atoms with van der Waals surface area (Å²) >= 11 is 0. The highest BCUT2D eigenvalue weighted by Gasteiger charge is 2.16. The fourth-order valence-electron chi connectivity index (χ4n) is 2.85. The van der Waals surface area contributed by atoms with E-state index in [9.17, 15) is 0 Å². The van der Waals surface area contributed by atoms with Gasteiger partial charge in [0, 0.05) is 17.6 Å². The highest BCUT2D eigenvalue weighted by molar-refractivity contribution is 5.91. The molecule has 0 amide bonds. The molecular formula is C16H22N2O. The minimum absolute atomic E-state index is 0.473. The molecule has 2 N–H and O–H groups in total. The van der Waals surface area contributed by atoms with Crippen LogP contribution in [0.25, 0.3) is 10.9 Å². The van der Waals surface area contributed by atoms with Gasteiger partial charge in [0.1, 0.15) is 0 Å². The summed E-state index contributed by atoms with van der Waals surface area (Å²) in [6.07, 6.45) is 0. The maximum Gasteiger partial charge on any atom is 0.0742 e. The molecule has 0 saturated heterocycles. The SMILES string of the molecule is Cc1nc2c(C)c(C)c(CNO)c(C)c2c(C)c1C. The fourth-order valence-corrected chi connectivity index (χ4v) is 2.85. The van der Waals surface area contributed by atoms with E-state index in [1.165, 1.54) is 38.8 Å². The normalized spacial score (nSPS) is 11.3. The summed E-state index contributed by atoms with van der Waals surface area (Å²) in [5, 5.41) is 10.3. The summed E-state index contributed by atoms with van der Waals surface area (Å²) in [6.45, 7) is 13.1. The van der Waals surface area contributed by atoms with Crippen LogP contribution in [0.2, 0.25) is 0 Å². The quantitative estimate of drug-likeness (QED) is 0.809. The Morgan fingerprint density at radius 2 is 1.47 bits per heavy atom. The number of nitrogens with zero attached hydrogens (tertiary/aromatic N) is 1. The van der Waals surface area contributed by atoms with Gasteiger partial charge in [0.15, 0.2) is 0 Å². The topological polar surface area (TPSA) is 45.2 Å². The smallest absolute Gasteiger partial charge is 0.0742 e. The van der Waals surface area contributed by atoms with E-state index < -0.39 is 0 Å². The lowest BCUT2D eigenvalue weighted by molar-refractivity contribution is 0.161. The standard InChI is InChI=1S/C16H22N2O/c1-8-10(3)15-12(5)14(7-17-19)9(2)11(4)16(15)18-13(8)6/h17,19H,7H2,1-6H3. The molecule has 0 atom stereocenters. The van der Waals surface area contributed by atoms with Gasteiger partial charge < -0.3 is 5.21 Å². The average Bonchev–Trinajstić information content (AvgIpc) is 2.38. The summed E-state index contributed by atoms with van der Waals surface area (Å²) in [5.41, 5.74) is 11.8. The van der Waals surface area contributed by atoms with Crippen molar-refractivity contribution in [3.63, 3.8) is 0 Å². The maximum absolute atomic E-state index is 9.03. The Morgan fingerprint density at radius 3 is 2.05 bits per heavy atom. The molecule has 2 aromatic rings. The Balaban J connectivity index is 2.99. The van der Waals surface area contributed by atoms with Crippen LogP contribution in [0.3, 0.4) is 0 Å². The fraction of sp³-hybridized carbons (Fsp3) is 0.438. The first-order valence-electron chi connectivity index (χ1n) is 6.63. The molecule has 0 fully saturated rings. The van der Waals surface area contributed by atoms with Gasteiger partial charge in [-0.15, -0.1) is 0 Å². The zero-order chi connectivity index (χ0) is 14.3. The zero-order valence-electron chi connectivity index (χ0n) is 12.6. The third-order valence-electron chi connectivity index (χ3n) is 4.45. The van der Waals surface area contributed by atoms with Gasteiger partial charge in [-0.05, 0) is 74.9 Å². The van der Waals surface area contributed by atoms with E-state index in [0.29, 0.717) is 6.54 Å². The van der Waals surface area contributed by atoms with Gasteiger partial charge in [-0.25, -0.2) is 5.48 Å². The van der Waals surface area contributed by atoms with Crippen LogP contribution in [0.15, 0.2) is 0 Å². The van der Waals surface area contributed by atoms with Gasteiger partial charge in [-0.2, -0.15) is 0 Å². The van der Waals surface area contributed by atoms with Crippen LogP contribution in [0.4, 0.5) is 0 Å². The van der Waals surface area contributed by atoms with Gasteiger partial charge in [-0.1, -0.05) is 0 Å². The number of pyridine rings is 1. The Hall–Kier alpha value is -1.45. The van der Waals surface area contributed by atoms with Crippen LogP contribution in [0.5, 0.6) is 0 Å². The highest BCUT2D eigenvalue weighted by Crippen LogP contribution is 2.32. The predicted molar refractivity (Wildman–Crippen MR) is 78.8 cm³/mol. The van der Waals surface area contributed by atoms with Crippen molar-refractivity contribution in [3.8, 4) is 0 Å². The molecule has 0 aliphatic heterocycles. The Morgan fingerprint density at radius 1 is 0.842 bits per heavy atom. The number of nitrogens with one attached hydrogen (secondary N) is 1. The van der Waals surface area contributed by atoms with Crippen molar-refractivity contribution in [1.82, 2.24) is 10.5 Å². The van der Waals surface area contributed by atoms with E-state index in [0.717, 1.165) is 11.2 Å². The summed E-state index contributed by atoms with van der Waals surface area (Å²) < 4.78 is 0. The number of hydroxylamine groups is 1. The molecule has 102 valence electrons. The number of benzene rings is 1. The number of hydrogen-bond donors (Lipinski definition) is 2. The first-order chi connectivity index (χ1) is 8.90. The van der Waals surface area contributed by atoms with E-state index in [2.05, 4.69) is 47.0 Å². The van der Waals surface area contributed by atoms with Crippen molar-refractivity contribution < 1.29 is 5.21 Å². The molecule has 0 saturated carbocycles. The average molecular weight is 258 g/mol. The van der Waals surface area contributed by atoms with Crippen molar-refractivity contribution in [2.75, 3.05) is 0 Å². The monoisotopic (exact) mass is 258 g/mol. The van der Waals surface area contributed by atoms with Gasteiger partial charge in [0.05, 0.1) is 5.52 Å². The first-order valence-corrected chi connectivity index (χ1v) is 6.63. The van der Waals surface area contributed by atoms with E-state index in [1.54, 1.807) is 0 Å². The van der Waals surface area contributed by atoms with Crippen molar-refractivity contribution in [1.29, 1.82) is 0 Å². The lowest BCUT2D eigenvalue weighted by atomic mass is 9.90. The lowest BCUT2D eigenvalue weighted by Gasteiger charge is -2.19. The minimum atomic E-state index is 0.473. The second kappa shape index (κ2) is 4.91. The number of hydrogen-bond acceptors (Lipinski definition) is 3. The molecule has 0 radical (unpaired) electrons. The van der Waals surface area contributed by atoms with Gasteiger partial charge in [0.2, 0.25) is 0 Å². The Kier molecular flexibility index (Phi) is 3.61. The third kappa shape index (κ3) is 2.03. The molecule has 1 aromatic heterocycles. The number of aryl methyl sites for hydroxylation is 4.